The number of hydrogen-bond donors (Lipinski definition) is 0. The second kappa shape index (κ2) is 9.28. The summed E-state index contributed by atoms with van der Waals surface area (Å²) in [6, 6.07) is 14.2. The second-order valence-corrected chi connectivity index (χ2v) is 6.86. The van der Waals surface area contributed by atoms with Gasteiger partial charge in [-0.3, -0.25) is 0 Å². The summed E-state index contributed by atoms with van der Waals surface area (Å²) >= 11 is 0. The Morgan fingerprint density at radius 1 is 0.667 bits per heavy atom. The van der Waals surface area contributed by atoms with E-state index in [2.05, 4.69) is 26.3 Å². The van der Waals surface area contributed by atoms with Crippen molar-refractivity contribution < 1.29 is 16.8 Å². The molecule has 2 rings (SSSR count). The van der Waals surface area contributed by atoms with E-state index < -0.39 is 22.6 Å². The lowest BCUT2D eigenvalue weighted by Gasteiger charge is -2.18. The summed E-state index contributed by atoms with van der Waals surface area (Å²) in [6.45, 7) is 14.7. The molecule has 0 N–H and O–H groups in total. The van der Waals surface area contributed by atoms with Gasteiger partial charge >= 0.3 is 10.4 Å². The molecular formula is C22H22O4S. The number of rotatable bonds is 10. The van der Waals surface area contributed by atoms with E-state index in [9.17, 15) is 8.42 Å². The fraction of sp³-hybridized carbons (Fsp3) is 0.0909. The smallest absolute Gasteiger partial charge is 0.236 e. The molecule has 0 spiro atoms. The molecule has 0 aliphatic rings. The molecule has 0 saturated carbocycles. The summed E-state index contributed by atoms with van der Waals surface area (Å²) in [5.41, 5.74) is 3.09. The van der Waals surface area contributed by atoms with Gasteiger partial charge in [0.25, 0.3) is 0 Å². The monoisotopic (exact) mass is 382 g/mol. The van der Waals surface area contributed by atoms with Crippen molar-refractivity contribution in [3.63, 3.8) is 0 Å². The van der Waals surface area contributed by atoms with Crippen LogP contribution in [0.1, 0.15) is 34.5 Å². The average molecular weight is 382 g/mol. The Hall–Kier alpha value is -2.73. The predicted molar refractivity (Wildman–Crippen MR) is 110 cm³/mol. The summed E-state index contributed by atoms with van der Waals surface area (Å²) in [5, 5.41) is 0. The van der Waals surface area contributed by atoms with Crippen molar-refractivity contribution in [1.82, 2.24) is 0 Å². The maximum absolute atomic E-state index is 12.4. The normalized spacial score (nSPS) is 13.3. The van der Waals surface area contributed by atoms with Crippen molar-refractivity contribution in [3.05, 3.63) is 109 Å². The first-order valence-electron chi connectivity index (χ1n) is 8.24. The Bertz CT molecular complexity index is 838. The minimum Gasteiger partial charge on any atom is -0.236 e. The molecule has 2 atom stereocenters. The fourth-order valence-electron chi connectivity index (χ4n) is 2.38. The molecule has 0 saturated heterocycles. The lowest BCUT2D eigenvalue weighted by molar-refractivity contribution is 0.162. The Balaban J connectivity index is 2.16. The van der Waals surface area contributed by atoms with E-state index in [4.69, 9.17) is 8.37 Å². The third-order valence-electron chi connectivity index (χ3n) is 3.87. The molecule has 0 amide bonds. The fourth-order valence-corrected chi connectivity index (χ4v) is 3.31. The summed E-state index contributed by atoms with van der Waals surface area (Å²) in [6.07, 6.45) is 4.43. The van der Waals surface area contributed by atoms with E-state index in [1.165, 1.54) is 12.2 Å². The van der Waals surface area contributed by atoms with Gasteiger partial charge < -0.3 is 0 Å². The van der Waals surface area contributed by atoms with Crippen LogP contribution in [0.5, 0.6) is 0 Å². The SMILES string of the molecule is C=Cc1ccc(C(C=C)OS(=O)(=O)OC(C=C)c2ccc(C=C)cc2)cc1. The third kappa shape index (κ3) is 5.62. The first-order valence-corrected chi connectivity index (χ1v) is 9.57. The molecule has 0 aliphatic carbocycles. The first kappa shape index (κ1) is 20.6. The lowest BCUT2D eigenvalue weighted by atomic mass is 10.1. The van der Waals surface area contributed by atoms with Crippen LogP contribution < -0.4 is 0 Å². The molecule has 0 heterocycles. The van der Waals surface area contributed by atoms with Crippen LogP contribution in [-0.4, -0.2) is 8.42 Å². The van der Waals surface area contributed by atoms with Crippen LogP contribution in [0.25, 0.3) is 12.2 Å². The minimum atomic E-state index is -4.31. The van der Waals surface area contributed by atoms with Crippen molar-refractivity contribution in [2.75, 3.05) is 0 Å². The van der Waals surface area contributed by atoms with Gasteiger partial charge in [-0.2, -0.15) is 8.42 Å². The van der Waals surface area contributed by atoms with Crippen LogP contribution in [0.4, 0.5) is 0 Å². The van der Waals surface area contributed by atoms with Gasteiger partial charge in [0.2, 0.25) is 0 Å². The zero-order valence-corrected chi connectivity index (χ0v) is 15.8. The molecule has 0 aliphatic heterocycles. The highest BCUT2D eigenvalue weighted by Gasteiger charge is 2.24. The maximum Gasteiger partial charge on any atom is 0.401 e. The summed E-state index contributed by atoms with van der Waals surface area (Å²) in [5.74, 6) is 0. The summed E-state index contributed by atoms with van der Waals surface area (Å²) < 4.78 is 35.2. The molecule has 2 aromatic rings. The van der Waals surface area contributed by atoms with Gasteiger partial charge in [-0.05, 0) is 22.3 Å². The number of benzene rings is 2. The third-order valence-corrected chi connectivity index (χ3v) is 4.76. The van der Waals surface area contributed by atoms with Crippen molar-refractivity contribution in [3.8, 4) is 0 Å². The van der Waals surface area contributed by atoms with Gasteiger partial charge in [-0.15, -0.1) is 13.2 Å². The molecule has 4 nitrogen and oxygen atoms in total. The summed E-state index contributed by atoms with van der Waals surface area (Å²) in [4.78, 5) is 0. The molecular weight excluding hydrogens is 360 g/mol. The van der Waals surface area contributed by atoms with Gasteiger partial charge in [0.1, 0.15) is 12.2 Å². The van der Waals surface area contributed by atoms with E-state index in [0.29, 0.717) is 11.1 Å². The minimum absolute atomic E-state index is 0.633. The molecule has 2 unspecified atom stereocenters. The molecule has 27 heavy (non-hydrogen) atoms. The number of hydrogen-bond acceptors (Lipinski definition) is 4. The predicted octanol–water partition coefficient (Wildman–Crippen LogP) is 5.41. The van der Waals surface area contributed by atoms with Crippen LogP contribution in [-0.2, 0) is 18.8 Å². The average Bonchev–Trinajstić information content (AvgIpc) is 2.70. The molecule has 0 aromatic heterocycles. The Morgan fingerprint density at radius 2 is 1.00 bits per heavy atom. The van der Waals surface area contributed by atoms with Crippen LogP contribution in [0.3, 0.4) is 0 Å². The maximum atomic E-state index is 12.4. The van der Waals surface area contributed by atoms with Gasteiger partial charge in [-0.25, -0.2) is 8.37 Å². The lowest BCUT2D eigenvalue weighted by Crippen LogP contribution is -2.16. The molecule has 5 heteroatoms. The summed E-state index contributed by atoms with van der Waals surface area (Å²) in [7, 11) is -4.31. The van der Waals surface area contributed by atoms with E-state index in [1.807, 2.05) is 24.3 Å². The molecule has 0 fully saturated rings. The van der Waals surface area contributed by atoms with Gasteiger partial charge in [0, 0.05) is 0 Å². The Labute approximate surface area is 161 Å². The van der Waals surface area contributed by atoms with Crippen LogP contribution in [0.2, 0.25) is 0 Å². The second-order valence-electron chi connectivity index (χ2n) is 5.65. The van der Waals surface area contributed by atoms with Crippen LogP contribution in [0.15, 0.2) is 87.0 Å². The first-order chi connectivity index (χ1) is 12.9. The Kier molecular flexibility index (Phi) is 7.07. The molecule has 0 bridgehead atoms. The highest BCUT2D eigenvalue weighted by Crippen LogP contribution is 2.27. The zero-order chi connectivity index (χ0) is 19.9. The quantitative estimate of drug-likeness (QED) is 0.516. The van der Waals surface area contributed by atoms with Crippen molar-refractivity contribution in [1.29, 1.82) is 0 Å². The van der Waals surface area contributed by atoms with Crippen LogP contribution >= 0.6 is 0 Å². The Morgan fingerprint density at radius 3 is 1.26 bits per heavy atom. The van der Waals surface area contributed by atoms with Crippen LogP contribution in [0, 0.1) is 0 Å². The van der Waals surface area contributed by atoms with E-state index >= 15 is 0 Å². The van der Waals surface area contributed by atoms with E-state index in [-0.39, 0.29) is 0 Å². The largest absolute Gasteiger partial charge is 0.401 e. The van der Waals surface area contributed by atoms with Gasteiger partial charge in [-0.1, -0.05) is 86.0 Å². The van der Waals surface area contributed by atoms with Gasteiger partial charge in [0.05, 0.1) is 0 Å². The standard InChI is InChI=1S/C22H22O4S/c1-5-17-9-13-19(14-10-17)21(7-3)25-27(23,24)26-22(8-4)20-15-11-18(6-2)12-16-20/h5-16,21-22H,1-4H2. The zero-order valence-electron chi connectivity index (χ0n) is 15.0. The van der Waals surface area contributed by atoms with E-state index in [0.717, 1.165) is 11.1 Å². The molecule has 0 radical (unpaired) electrons. The van der Waals surface area contributed by atoms with Gasteiger partial charge in [0.15, 0.2) is 0 Å². The highest BCUT2D eigenvalue weighted by atomic mass is 32.3. The van der Waals surface area contributed by atoms with E-state index in [1.54, 1.807) is 36.4 Å². The van der Waals surface area contributed by atoms with Crippen molar-refractivity contribution in [2.24, 2.45) is 0 Å². The highest BCUT2D eigenvalue weighted by molar-refractivity contribution is 7.81. The van der Waals surface area contributed by atoms with Crippen molar-refractivity contribution >= 4 is 22.6 Å². The van der Waals surface area contributed by atoms with Crippen molar-refractivity contribution in [2.45, 2.75) is 12.2 Å². The molecule has 140 valence electrons. The molecule has 2 aromatic carbocycles. The topological polar surface area (TPSA) is 52.6 Å².